The number of hydrogen-bond donors (Lipinski definition) is 0. The highest BCUT2D eigenvalue weighted by molar-refractivity contribution is 7.26. The molecule has 0 aliphatic rings. The van der Waals surface area contributed by atoms with Crippen molar-refractivity contribution in [1.29, 1.82) is 0 Å². The second-order valence-corrected chi connectivity index (χ2v) is 15.4. The lowest BCUT2D eigenvalue weighted by Crippen LogP contribution is -2.00. The van der Waals surface area contributed by atoms with Crippen LogP contribution in [0.3, 0.4) is 0 Å². The van der Waals surface area contributed by atoms with E-state index in [-0.39, 0.29) is 0 Å². The van der Waals surface area contributed by atoms with E-state index in [9.17, 15) is 0 Å². The van der Waals surface area contributed by atoms with Crippen molar-refractivity contribution in [2.75, 3.05) is 0 Å². The van der Waals surface area contributed by atoms with Gasteiger partial charge in [0.2, 0.25) is 0 Å². The van der Waals surface area contributed by atoms with E-state index in [1.54, 1.807) is 11.3 Å². The largest absolute Gasteiger partial charge is 0.456 e. The topological polar surface area (TPSA) is 51.8 Å². The number of para-hydroxylation sites is 1. The lowest BCUT2D eigenvalue weighted by atomic mass is 9.91. The number of nitrogens with zero attached hydrogens (tertiary/aromatic N) is 3. The van der Waals surface area contributed by atoms with Gasteiger partial charge in [0.15, 0.2) is 17.5 Å². The van der Waals surface area contributed by atoms with Crippen molar-refractivity contribution >= 4 is 85.8 Å². The third kappa shape index (κ3) is 4.75. The molecule has 0 aliphatic heterocycles. The number of thiophene rings is 1. The van der Waals surface area contributed by atoms with Gasteiger partial charge >= 0.3 is 0 Å². The maximum atomic E-state index is 6.64. The maximum absolute atomic E-state index is 6.64. The Labute approximate surface area is 325 Å². The van der Waals surface area contributed by atoms with Crippen molar-refractivity contribution in [3.05, 3.63) is 176 Å². The lowest BCUT2D eigenvalue weighted by Gasteiger charge is -2.13. The minimum absolute atomic E-state index is 0.600. The van der Waals surface area contributed by atoms with E-state index >= 15 is 0 Å². The molecule has 3 aromatic heterocycles. The summed E-state index contributed by atoms with van der Waals surface area (Å²) in [6.07, 6.45) is 0. The summed E-state index contributed by atoms with van der Waals surface area (Å²) >= 11 is 1.78. The van der Waals surface area contributed by atoms with Crippen molar-refractivity contribution in [2.45, 2.75) is 0 Å². The first-order chi connectivity index (χ1) is 27.7. The molecule has 0 bridgehead atoms. The molecular formula is C51H29N3OS. The van der Waals surface area contributed by atoms with Crippen LogP contribution in [0.4, 0.5) is 0 Å². The predicted molar refractivity (Wildman–Crippen MR) is 234 cm³/mol. The first-order valence-corrected chi connectivity index (χ1v) is 19.6. The molecule has 5 heteroatoms. The number of fused-ring (bicyclic) bond motifs is 12. The van der Waals surface area contributed by atoms with Gasteiger partial charge in [-0.25, -0.2) is 15.0 Å². The molecule has 12 aromatic rings. The van der Waals surface area contributed by atoms with E-state index in [1.807, 2.05) is 30.3 Å². The number of rotatable bonds is 4. The first-order valence-electron chi connectivity index (χ1n) is 18.8. The minimum Gasteiger partial charge on any atom is -0.456 e. The minimum atomic E-state index is 0.600. The number of benzene rings is 9. The molecule has 56 heavy (non-hydrogen) atoms. The molecule has 3 heterocycles. The summed E-state index contributed by atoms with van der Waals surface area (Å²) in [6, 6.07) is 62.1. The molecule has 0 unspecified atom stereocenters. The summed E-state index contributed by atoms with van der Waals surface area (Å²) in [7, 11) is 0. The zero-order valence-corrected chi connectivity index (χ0v) is 30.7. The Morgan fingerprint density at radius 2 is 0.929 bits per heavy atom. The highest BCUT2D eigenvalue weighted by atomic mass is 32.1. The number of furan rings is 1. The third-order valence-corrected chi connectivity index (χ3v) is 12.3. The van der Waals surface area contributed by atoms with Crippen LogP contribution < -0.4 is 0 Å². The van der Waals surface area contributed by atoms with Gasteiger partial charge in [-0.2, -0.15) is 0 Å². The SMILES string of the molecule is c1ccc(-c2nc(-c3cccc4c3sc3ccccc34)nc(-c3cc(-c4ccc5c6ccccc6c6ccccc6c5c4)cc4oc5ccccc5c34)n2)cc1. The van der Waals surface area contributed by atoms with Crippen LogP contribution in [0, 0.1) is 0 Å². The molecule has 4 nitrogen and oxygen atoms in total. The van der Waals surface area contributed by atoms with Gasteiger partial charge in [0.1, 0.15) is 11.2 Å². The van der Waals surface area contributed by atoms with Crippen LogP contribution >= 0.6 is 11.3 Å². The Morgan fingerprint density at radius 3 is 1.70 bits per heavy atom. The zero-order valence-electron chi connectivity index (χ0n) is 29.9. The molecule has 12 rings (SSSR count). The fourth-order valence-corrected chi connectivity index (χ4v) is 9.75. The molecule has 260 valence electrons. The second-order valence-electron chi connectivity index (χ2n) is 14.3. The summed E-state index contributed by atoms with van der Waals surface area (Å²) in [5.41, 5.74) is 6.55. The number of hydrogen-bond acceptors (Lipinski definition) is 5. The molecule has 0 radical (unpaired) electrons. The smallest absolute Gasteiger partial charge is 0.165 e. The average Bonchev–Trinajstić information content (AvgIpc) is 3.85. The Hall–Kier alpha value is -7.21. The highest BCUT2D eigenvalue weighted by Gasteiger charge is 2.21. The van der Waals surface area contributed by atoms with Gasteiger partial charge in [-0.05, 0) is 79.8 Å². The van der Waals surface area contributed by atoms with Crippen LogP contribution in [0.5, 0.6) is 0 Å². The Bertz CT molecular complexity index is 3510. The van der Waals surface area contributed by atoms with Crippen LogP contribution in [-0.4, -0.2) is 15.0 Å². The summed E-state index contributed by atoms with van der Waals surface area (Å²) in [5, 5.41) is 11.9. The summed E-state index contributed by atoms with van der Waals surface area (Å²) < 4.78 is 9.04. The van der Waals surface area contributed by atoms with Crippen LogP contribution in [0.2, 0.25) is 0 Å². The molecule has 0 N–H and O–H groups in total. The normalized spacial score (nSPS) is 11.9. The van der Waals surface area contributed by atoms with Crippen molar-refractivity contribution in [3.8, 4) is 45.3 Å². The molecule has 0 spiro atoms. The maximum Gasteiger partial charge on any atom is 0.165 e. The van der Waals surface area contributed by atoms with Crippen molar-refractivity contribution in [3.63, 3.8) is 0 Å². The number of aromatic nitrogens is 3. The zero-order chi connectivity index (χ0) is 36.7. The molecule has 0 fully saturated rings. The van der Waals surface area contributed by atoms with Crippen LogP contribution in [-0.2, 0) is 0 Å². The van der Waals surface area contributed by atoms with Gasteiger partial charge < -0.3 is 4.42 Å². The molecule has 0 saturated heterocycles. The van der Waals surface area contributed by atoms with Crippen molar-refractivity contribution in [1.82, 2.24) is 15.0 Å². The molecule has 0 amide bonds. The van der Waals surface area contributed by atoms with E-state index in [1.165, 1.54) is 47.8 Å². The highest BCUT2D eigenvalue weighted by Crippen LogP contribution is 2.43. The molecule has 0 atom stereocenters. The van der Waals surface area contributed by atoms with Crippen molar-refractivity contribution in [2.24, 2.45) is 0 Å². The Balaban J connectivity index is 1.14. The third-order valence-electron chi connectivity index (χ3n) is 11.1. The summed E-state index contributed by atoms with van der Waals surface area (Å²) in [4.78, 5) is 15.8. The summed E-state index contributed by atoms with van der Waals surface area (Å²) in [5.74, 6) is 1.86. The molecule has 0 aliphatic carbocycles. The van der Waals surface area contributed by atoms with Gasteiger partial charge in [-0.3, -0.25) is 0 Å². The fourth-order valence-electron chi connectivity index (χ4n) is 8.54. The summed E-state index contributed by atoms with van der Waals surface area (Å²) in [6.45, 7) is 0. The van der Waals surface area contributed by atoms with Gasteiger partial charge in [0.25, 0.3) is 0 Å². The predicted octanol–water partition coefficient (Wildman–Crippen LogP) is 14.3. The van der Waals surface area contributed by atoms with Crippen LogP contribution in [0.15, 0.2) is 180 Å². The van der Waals surface area contributed by atoms with E-state index < -0.39 is 0 Å². The van der Waals surface area contributed by atoms with Gasteiger partial charge in [0, 0.05) is 47.6 Å². The van der Waals surface area contributed by atoms with Crippen LogP contribution in [0.25, 0.3) is 120 Å². The Kier molecular flexibility index (Phi) is 6.76. The van der Waals surface area contributed by atoms with Gasteiger partial charge in [-0.1, -0.05) is 140 Å². The molecule has 0 saturated carbocycles. The van der Waals surface area contributed by atoms with E-state index in [2.05, 4.69) is 146 Å². The average molecular weight is 732 g/mol. The fraction of sp³-hybridized carbons (Fsp3) is 0. The second kappa shape index (κ2) is 12.2. The lowest BCUT2D eigenvalue weighted by molar-refractivity contribution is 0.669. The van der Waals surface area contributed by atoms with Crippen molar-refractivity contribution < 1.29 is 4.42 Å². The standard InChI is InChI=1S/C51H29N3OS/c1-2-13-30(14-3-1)49-52-50(41-22-12-21-39-38-19-9-11-24-46(38)56-48(39)41)54-51(53-49)43-28-32(29-45-47(43)40-20-8-10-23-44(40)55-45)31-25-26-37-35-17-5-4-15-33(35)34-16-6-7-18-36(34)42(37)27-31/h1-29H. The first kappa shape index (κ1) is 31.2. The van der Waals surface area contributed by atoms with Crippen LogP contribution in [0.1, 0.15) is 0 Å². The molecule has 9 aromatic carbocycles. The van der Waals surface area contributed by atoms with E-state index in [0.717, 1.165) is 54.5 Å². The monoisotopic (exact) mass is 731 g/mol. The van der Waals surface area contributed by atoms with E-state index in [0.29, 0.717) is 17.5 Å². The van der Waals surface area contributed by atoms with Gasteiger partial charge in [0.05, 0.1) is 0 Å². The Morgan fingerprint density at radius 1 is 0.339 bits per heavy atom. The molecular weight excluding hydrogens is 703 g/mol. The quantitative estimate of drug-likeness (QED) is 0.169. The van der Waals surface area contributed by atoms with E-state index in [4.69, 9.17) is 19.4 Å². The van der Waals surface area contributed by atoms with Gasteiger partial charge in [-0.15, -0.1) is 11.3 Å².